The Hall–Kier alpha value is -1.39. The highest BCUT2D eigenvalue weighted by molar-refractivity contribution is 5.95. The lowest BCUT2D eigenvalue weighted by molar-refractivity contribution is 0.0919. The van der Waals surface area contributed by atoms with Crippen LogP contribution in [0.1, 0.15) is 22.8 Å². The molecule has 0 bridgehead atoms. The van der Waals surface area contributed by atoms with Crippen molar-refractivity contribution in [1.29, 1.82) is 0 Å². The van der Waals surface area contributed by atoms with Crippen LogP contribution in [0.2, 0.25) is 0 Å². The van der Waals surface area contributed by atoms with Crippen LogP contribution in [0.15, 0.2) is 24.3 Å². The number of amides is 1. The van der Waals surface area contributed by atoms with Crippen molar-refractivity contribution in [2.45, 2.75) is 19.6 Å². The van der Waals surface area contributed by atoms with Crippen LogP contribution >= 0.6 is 0 Å². The molecule has 1 atom stereocenters. The molecule has 0 heterocycles. The van der Waals surface area contributed by atoms with Gasteiger partial charge in [-0.2, -0.15) is 0 Å². The van der Waals surface area contributed by atoms with Crippen LogP contribution in [-0.4, -0.2) is 30.8 Å². The topological polar surface area (TPSA) is 58.6 Å². The lowest BCUT2D eigenvalue weighted by Gasteiger charge is -2.10. The largest absolute Gasteiger partial charge is 0.392 e. The quantitative estimate of drug-likeness (QED) is 0.781. The Labute approximate surface area is 95.2 Å². The lowest BCUT2D eigenvalue weighted by Crippen LogP contribution is -2.31. The first kappa shape index (κ1) is 12.7. The minimum absolute atomic E-state index is 0.187. The van der Waals surface area contributed by atoms with Gasteiger partial charge in [-0.25, -0.2) is 0 Å². The number of nitrogens with one attached hydrogen (secondary N) is 1. The van der Waals surface area contributed by atoms with Gasteiger partial charge in [-0.05, 0) is 18.6 Å². The molecule has 0 saturated carbocycles. The minimum atomic E-state index is -0.543. The fraction of sp³-hybridized carbons (Fsp3) is 0.417. The van der Waals surface area contributed by atoms with Gasteiger partial charge in [0.2, 0.25) is 0 Å². The van der Waals surface area contributed by atoms with Gasteiger partial charge in [-0.3, -0.25) is 4.79 Å². The Bertz CT molecular complexity index is 350. The second-order valence-electron chi connectivity index (χ2n) is 3.65. The zero-order chi connectivity index (χ0) is 12.0. The molecule has 1 aromatic rings. The first-order chi connectivity index (χ1) is 7.65. The molecule has 1 amide bonds. The van der Waals surface area contributed by atoms with Crippen LogP contribution in [0.3, 0.4) is 0 Å². The van der Waals surface area contributed by atoms with Crippen molar-refractivity contribution in [2.24, 2.45) is 0 Å². The molecule has 0 aliphatic carbocycles. The standard InChI is InChI=1S/C12H17NO3/c1-9(14)7-13-12(15)11-6-4-3-5-10(11)8-16-2/h3-6,9,14H,7-8H2,1-2H3,(H,13,15)/t9-/m1/s1. The van der Waals surface area contributed by atoms with Gasteiger partial charge in [0.25, 0.3) is 5.91 Å². The Kier molecular flexibility index (Phi) is 4.95. The van der Waals surface area contributed by atoms with E-state index >= 15 is 0 Å². The number of carbonyl (C=O) groups is 1. The van der Waals surface area contributed by atoms with Gasteiger partial charge in [0.15, 0.2) is 0 Å². The van der Waals surface area contributed by atoms with Crippen LogP contribution in [0.4, 0.5) is 0 Å². The molecule has 1 rings (SSSR count). The van der Waals surface area contributed by atoms with E-state index in [2.05, 4.69) is 5.32 Å². The van der Waals surface area contributed by atoms with E-state index in [0.29, 0.717) is 12.2 Å². The number of hydrogen-bond donors (Lipinski definition) is 2. The van der Waals surface area contributed by atoms with Crippen molar-refractivity contribution >= 4 is 5.91 Å². The third kappa shape index (κ3) is 3.64. The molecule has 4 heteroatoms. The van der Waals surface area contributed by atoms with E-state index in [1.807, 2.05) is 12.1 Å². The molecule has 0 aromatic heterocycles. The van der Waals surface area contributed by atoms with Gasteiger partial charge in [-0.15, -0.1) is 0 Å². The summed E-state index contributed by atoms with van der Waals surface area (Å²) < 4.78 is 5.01. The molecule has 0 spiro atoms. The molecule has 0 aliphatic rings. The van der Waals surface area contributed by atoms with Crippen LogP contribution < -0.4 is 5.32 Å². The van der Waals surface area contributed by atoms with Crippen molar-refractivity contribution in [1.82, 2.24) is 5.32 Å². The number of hydrogen-bond acceptors (Lipinski definition) is 3. The van der Waals surface area contributed by atoms with Gasteiger partial charge >= 0.3 is 0 Å². The molecular formula is C12H17NO3. The summed E-state index contributed by atoms with van der Waals surface area (Å²) in [6.45, 7) is 2.28. The fourth-order valence-electron chi connectivity index (χ4n) is 1.36. The molecule has 16 heavy (non-hydrogen) atoms. The van der Waals surface area contributed by atoms with Gasteiger partial charge in [0.05, 0.1) is 12.7 Å². The monoisotopic (exact) mass is 223 g/mol. The first-order valence-corrected chi connectivity index (χ1v) is 5.18. The second kappa shape index (κ2) is 6.25. The number of rotatable bonds is 5. The Morgan fingerprint density at radius 3 is 2.81 bits per heavy atom. The van der Waals surface area contributed by atoms with Crippen molar-refractivity contribution < 1.29 is 14.6 Å². The fourth-order valence-corrected chi connectivity index (χ4v) is 1.36. The predicted molar refractivity (Wildman–Crippen MR) is 61.2 cm³/mol. The van der Waals surface area contributed by atoms with Crippen molar-refractivity contribution in [3.8, 4) is 0 Å². The Balaban J connectivity index is 2.73. The van der Waals surface area contributed by atoms with E-state index in [0.717, 1.165) is 5.56 Å². The van der Waals surface area contributed by atoms with Crippen LogP contribution in [0, 0.1) is 0 Å². The van der Waals surface area contributed by atoms with E-state index in [4.69, 9.17) is 9.84 Å². The predicted octanol–water partition coefficient (Wildman–Crippen LogP) is 0.944. The summed E-state index contributed by atoms with van der Waals surface area (Å²) in [5, 5.41) is 11.7. The lowest BCUT2D eigenvalue weighted by atomic mass is 10.1. The van der Waals surface area contributed by atoms with Gasteiger partial charge in [0, 0.05) is 19.2 Å². The number of benzene rings is 1. The summed E-state index contributed by atoms with van der Waals surface area (Å²) in [6, 6.07) is 7.25. The summed E-state index contributed by atoms with van der Waals surface area (Å²) >= 11 is 0. The molecule has 1 aromatic carbocycles. The maximum Gasteiger partial charge on any atom is 0.251 e. The van der Waals surface area contributed by atoms with Crippen molar-refractivity contribution in [3.63, 3.8) is 0 Å². The average Bonchev–Trinajstić information content (AvgIpc) is 2.27. The van der Waals surface area contributed by atoms with Crippen LogP contribution in [0.25, 0.3) is 0 Å². The van der Waals surface area contributed by atoms with E-state index in [1.165, 1.54) is 0 Å². The SMILES string of the molecule is COCc1ccccc1C(=O)NC[C@@H](C)O. The number of aliphatic hydroxyl groups is 1. The normalized spacial score (nSPS) is 12.2. The average molecular weight is 223 g/mol. The van der Waals surface area contributed by atoms with Gasteiger partial charge in [-0.1, -0.05) is 18.2 Å². The molecule has 2 N–H and O–H groups in total. The summed E-state index contributed by atoms with van der Waals surface area (Å²) in [5.41, 5.74) is 1.43. The molecule has 4 nitrogen and oxygen atoms in total. The van der Waals surface area contributed by atoms with E-state index < -0.39 is 6.10 Å². The molecule has 0 unspecified atom stereocenters. The Morgan fingerprint density at radius 1 is 1.50 bits per heavy atom. The van der Waals surface area contributed by atoms with E-state index in [1.54, 1.807) is 26.2 Å². The zero-order valence-corrected chi connectivity index (χ0v) is 9.56. The summed E-state index contributed by atoms with van der Waals surface area (Å²) in [6.07, 6.45) is -0.543. The van der Waals surface area contributed by atoms with Crippen LogP contribution in [0.5, 0.6) is 0 Å². The third-order valence-corrected chi connectivity index (χ3v) is 2.12. The molecule has 0 aliphatic heterocycles. The summed E-state index contributed by atoms with van der Waals surface area (Å²) in [5.74, 6) is -0.187. The molecule has 88 valence electrons. The minimum Gasteiger partial charge on any atom is -0.392 e. The van der Waals surface area contributed by atoms with E-state index in [9.17, 15) is 4.79 Å². The number of aliphatic hydroxyl groups excluding tert-OH is 1. The van der Waals surface area contributed by atoms with Crippen LogP contribution in [-0.2, 0) is 11.3 Å². The maximum atomic E-state index is 11.8. The highest BCUT2D eigenvalue weighted by Crippen LogP contribution is 2.09. The maximum absolute atomic E-state index is 11.8. The molecular weight excluding hydrogens is 206 g/mol. The van der Waals surface area contributed by atoms with Crippen molar-refractivity contribution in [3.05, 3.63) is 35.4 Å². The molecule has 0 saturated heterocycles. The second-order valence-corrected chi connectivity index (χ2v) is 3.65. The first-order valence-electron chi connectivity index (χ1n) is 5.18. The number of methoxy groups -OCH3 is 1. The van der Waals surface area contributed by atoms with Crippen molar-refractivity contribution in [2.75, 3.05) is 13.7 Å². The highest BCUT2D eigenvalue weighted by atomic mass is 16.5. The zero-order valence-electron chi connectivity index (χ0n) is 9.56. The smallest absolute Gasteiger partial charge is 0.251 e. The van der Waals surface area contributed by atoms with E-state index in [-0.39, 0.29) is 12.5 Å². The highest BCUT2D eigenvalue weighted by Gasteiger charge is 2.10. The van der Waals surface area contributed by atoms with Gasteiger partial charge < -0.3 is 15.2 Å². The number of ether oxygens (including phenoxy) is 1. The molecule has 0 fully saturated rings. The Morgan fingerprint density at radius 2 is 2.19 bits per heavy atom. The summed E-state index contributed by atoms with van der Waals surface area (Å²) in [4.78, 5) is 11.8. The third-order valence-electron chi connectivity index (χ3n) is 2.12. The van der Waals surface area contributed by atoms with Gasteiger partial charge in [0.1, 0.15) is 0 Å². The molecule has 0 radical (unpaired) electrons. The summed E-state index contributed by atoms with van der Waals surface area (Å²) in [7, 11) is 1.59. The number of carbonyl (C=O) groups excluding carboxylic acids is 1.